The molecule has 0 aliphatic heterocycles. The van der Waals surface area contributed by atoms with E-state index in [2.05, 4.69) is 5.32 Å². The van der Waals surface area contributed by atoms with Crippen molar-refractivity contribution in [3.05, 3.63) is 83.9 Å². The van der Waals surface area contributed by atoms with E-state index < -0.39 is 23.8 Å². The van der Waals surface area contributed by atoms with Gasteiger partial charge < -0.3 is 14.5 Å². The van der Waals surface area contributed by atoms with Crippen LogP contribution >= 0.6 is 0 Å². The molecule has 1 amide bonds. The van der Waals surface area contributed by atoms with Crippen LogP contribution in [0.15, 0.2) is 71.1 Å². The van der Waals surface area contributed by atoms with Crippen molar-refractivity contribution < 1.29 is 23.1 Å². The zero-order valence-electron chi connectivity index (χ0n) is 15.4. The Morgan fingerprint density at radius 3 is 2.50 bits per heavy atom. The highest BCUT2D eigenvalue weighted by Gasteiger charge is 2.21. The Hall–Kier alpha value is -3.41. The van der Waals surface area contributed by atoms with Crippen LogP contribution in [-0.2, 0) is 16.0 Å². The molecule has 0 spiro atoms. The SMILES string of the molecule is C[C@@H](OC(=O)c1ccc(-c2ccccc2F)o1)C(=O)NCCc1ccccc1. The number of rotatable bonds is 7. The second-order valence-electron chi connectivity index (χ2n) is 6.22. The Morgan fingerprint density at radius 2 is 1.75 bits per heavy atom. The molecule has 0 saturated carbocycles. The number of nitrogens with one attached hydrogen (secondary N) is 1. The third-order valence-electron chi connectivity index (χ3n) is 4.16. The van der Waals surface area contributed by atoms with Crippen LogP contribution in [-0.4, -0.2) is 24.5 Å². The molecule has 1 heterocycles. The highest BCUT2D eigenvalue weighted by atomic mass is 19.1. The highest BCUT2D eigenvalue weighted by molar-refractivity contribution is 5.90. The molecule has 3 rings (SSSR count). The molecule has 0 bridgehead atoms. The summed E-state index contributed by atoms with van der Waals surface area (Å²) in [6.07, 6.45) is -0.303. The van der Waals surface area contributed by atoms with Crippen LogP contribution in [0.25, 0.3) is 11.3 Å². The van der Waals surface area contributed by atoms with Crippen molar-refractivity contribution in [3.63, 3.8) is 0 Å². The molecular weight excluding hydrogens is 361 g/mol. The number of hydrogen-bond donors (Lipinski definition) is 1. The van der Waals surface area contributed by atoms with Crippen molar-refractivity contribution in [2.75, 3.05) is 6.54 Å². The van der Waals surface area contributed by atoms with Gasteiger partial charge in [0.05, 0.1) is 5.56 Å². The first-order valence-corrected chi connectivity index (χ1v) is 8.92. The third kappa shape index (κ3) is 4.85. The molecule has 2 aromatic carbocycles. The first kappa shape index (κ1) is 19.4. The highest BCUT2D eigenvalue weighted by Crippen LogP contribution is 2.25. The van der Waals surface area contributed by atoms with Crippen LogP contribution in [0, 0.1) is 5.82 Å². The van der Waals surface area contributed by atoms with Crippen molar-refractivity contribution in [2.24, 2.45) is 0 Å². The lowest BCUT2D eigenvalue weighted by atomic mass is 10.1. The molecule has 28 heavy (non-hydrogen) atoms. The van der Waals surface area contributed by atoms with Gasteiger partial charge in [0, 0.05) is 6.54 Å². The Bertz CT molecular complexity index is 952. The van der Waals surface area contributed by atoms with Gasteiger partial charge in [-0.2, -0.15) is 0 Å². The number of benzene rings is 2. The van der Waals surface area contributed by atoms with Gasteiger partial charge in [-0.15, -0.1) is 0 Å². The van der Waals surface area contributed by atoms with E-state index in [4.69, 9.17) is 9.15 Å². The van der Waals surface area contributed by atoms with E-state index in [0.29, 0.717) is 13.0 Å². The standard InChI is InChI=1S/C22H20FNO4/c1-15(21(25)24-14-13-16-7-3-2-4-8-16)27-22(26)20-12-11-19(28-20)17-9-5-6-10-18(17)23/h2-12,15H,13-14H2,1H3,(H,24,25)/t15-/m1/s1. The smallest absolute Gasteiger partial charge is 0.375 e. The molecule has 0 unspecified atom stereocenters. The molecule has 1 atom stereocenters. The minimum absolute atomic E-state index is 0.0952. The summed E-state index contributed by atoms with van der Waals surface area (Å²) in [7, 11) is 0. The maximum Gasteiger partial charge on any atom is 0.375 e. The van der Waals surface area contributed by atoms with E-state index in [9.17, 15) is 14.0 Å². The fraction of sp³-hybridized carbons (Fsp3) is 0.182. The normalized spacial score (nSPS) is 11.6. The lowest BCUT2D eigenvalue weighted by Crippen LogP contribution is -2.36. The fourth-order valence-electron chi connectivity index (χ4n) is 2.64. The maximum atomic E-state index is 13.8. The summed E-state index contributed by atoms with van der Waals surface area (Å²) >= 11 is 0. The van der Waals surface area contributed by atoms with Crippen LogP contribution in [0.2, 0.25) is 0 Å². The average Bonchev–Trinajstić information content (AvgIpc) is 3.19. The summed E-state index contributed by atoms with van der Waals surface area (Å²) < 4.78 is 24.3. The largest absolute Gasteiger partial charge is 0.449 e. The average molecular weight is 381 g/mol. The van der Waals surface area contributed by atoms with Gasteiger partial charge in [-0.1, -0.05) is 42.5 Å². The van der Waals surface area contributed by atoms with Crippen LogP contribution in [0.5, 0.6) is 0 Å². The molecule has 0 saturated heterocycles. The van der Waals surface area contributed by atoms with E-state index in [-0.39, 0.29) is 17.1 Å². The van der Waals surface area contributed by atoms with E-state index in [1.54, 1.807) is 18.2 Å². The minimum Gasteiger partial charge on any atom is -0.449 e. The number of esters is 1. The van der Waals surface area contributed by atoms with Gasteiger partial charge in [-0.05, 0) is 43.2 Å². The van der Waals surface area contributed by atoms with Crippen molar-refractivity contribution in [1.82, 2.24) is 5.32 Å². The first-order chi connectivity index (χ1) is 13.5. The Labute approximate surface area is 162 Å². The number of hydrogen-bond acceptors (Lipinski definition) is 4. The predicted octanol–water partition coefficient (Wildman–Crippen LogP) is 3.99. The van der Waals surface area contributed by atoms with E-state index in [1.165, 1.54) is 25.1 Å². The zero-order chi connectivity index (χ0) is 19.9. The molecular formula is C22H20FNO4. The monoisotopic (exact) mass is 381 g/mol. The lowest BCUT2D eigenvalue weighted by molar-refractivity contribution is -0.129. The fourth-order valence-corrected chi connectivity index (χ4v) is 2.64. The minimum atomic E-state index is -0.981. The van der Waals surface area contributed by atoms with Crippen LogP contribution in [0.4, 0.5) is 4.39 Å². The topological polar surface area (TPSA) is 68.5 Å². The first-order valence-electron chi connectivity index (χ1n) is 8.92. The van der Waals surface area contributed by atoms with Gasteiger partial charge in [-0.3, -0.25) is 4.79 Å². The van der Waals surface area contributed by atoms with Crippen LogP contribution in [0.1, 0.15) is 23.0 Å². The molecule has 1 N–H and O–H groups in total. The number of furan rings is 1. The van der Waals surface area contributed by atoms with Gasteiger partial charge in [-0.25, -0.2) is 9.18 Å². The maximum absolute atomic E-state index is 13.8. The number of halogens is 1. The van der Waals surface area contributed by atoms with Gasteiger partial charge >= 0.3 is 5.97 Å². The van der Waals surface area contributed by atoms with Gasteiger partial charge in [0.15, 0.2) is 6.10 Å². The summed E-state index contributed by atoms with van der Waals surface area (Å²) in [4.78, 5) is 24.3. The number of carbonyl (C=O) groups excluding carboxylic acids is 2. The molecule has 3 aromatic rings. The second kappa shape index (κ2) is 8.99. The Balaban J connectivity index is 1.52. The second-order valence-corrected chi connectivity index (χ2v) is 6.22. The summed E-state index contributed by atoms with van der Waals surface area (Å²) in [6.45, 7) is 1.92. The van der Waals surface area contributed by atoms with E-state index in [0.717, 1.165) is 5.56 Å². The zero-order valence-corrected chi connectivity index (χ0v) is 15.4. The van der Waals surface area contributed by atoms with Crippen LogP contribution in [0.3, 0.4) is 0 Å². The van der Waals surface area contributed by atoms with Crippen molar-refractivity contribution in [2.45, 2.75) is 19.4 Å². The molecule has 144 valence electrons. The third-order valence-corrected chi connectivity index (χ3v) is 4.16. The van der Waals surface area contributed by atoms with Crippen molar-refractivity contribution in [1.29, 1.82) is 0 Å². The summed E-state index contributed by atoms with van der Waals surface area (Å²) in [5, 5.41) is 2.73. The Kier molecular flexibility index (Phi) is 6.22. The van der Waals surface area contributed by atoms with Gasteiger partial charge in [0.25, 0.3) is 5.91 Å². The molecule has 0 aliphatic carbocycles. The lowest BCUT2D eigenvalue weighted by Gasteiger charge is -2.12. The quantitative estimate of drug-likeness (QED) is 0.629. The van der Waals surface area contributed by atoms with E-state index >= 15 is 0 Å². The Morgan fingerprint density at radius 1 is 1.04 bits per heavy atom. The van der Waals surface area contributed by atoms with Gasteiger partial charge in [0.1, 0.15) is 11.6 Å². The van der Waals surface area contributed by atoms with Crippen molar-refractivity contribution >= 4 is 11.9 Å². The van der Waals surface area contributed by atoms with Gasteiger partial charge in [0.2, 0.25) is 5.76 Å². The summed E-state index contributed by atoms with van der Waals surface area (Å²) in [5.41, 5.74) is 1.34. The molecule has 5 nitrogen and oxygen atoms in total. The number of ether oxygens (including phenoxy) is 1. The van der Waals surface area contributed by atoms with Crippen LogP contribution < -0.4 is 5.32 Å². The van der Waals surface area contributed by atoms with Crippen molar-refractivity contribution in [3.8, 4) is 11.3 Å². The molecule has 0 fully saturated rings. The summed E-state index contributed by atoms with van der Waals surface area (Å²) in [5.74, 6) is -1.52. The molecule has 0 radical (unpaired) electrons. The molecule has 0 aliphatic rings. The molecule has 6 heteroatoms. The van der Waals surface area contributed by atoms with E-state index in [1.807, 2.05) is 30.3 Å². The number of carbonyl (C=O) groups is 2. The summed E-state index contributed by atoms with van der Waals surface area (Å²) in [6, 6.07) is 18.7. The predicted molar refractivity (Wildman–Crippen MR) is 102 cm³/mol. The number of amides is 1. The molecule has 1 aromatic heterocycles.